The predicted molar refractivity (Wildman–Crippen MR) is 108 cm³/mol. The van der Waals surface area contributed by atoms with E-state index < -0.39 is 0 Å². The molecule has 2 atom stereocenters. The Bertz CT molecular complexity index is 536. The molecule has 2 saturated heterocycles. The van der Waals surface area contributed by atoms with Crippen molar-refractivity contribution >= 4 is 17.8 Å². The number of amides is 2. The van der Waals surface area contributed by atoms with E-state index in [0.717, 1.165) is 32.6 Å². The summed E-state index contributed by atoms with van der Waals surface area (Å²) in [6.07, 6.45) is 3.86. The Morgan fingerprint density at radius 3 is 2.63 bits per heavy atom. The number of hydrogen-bond donors (Lipinski definition) is 2. The summed E-state index contributed by atoms with van der Waals surface area (Å²) in [6.45, 7) is 8.71. The quantitative estimate of drug-likeness (QED) is 0.484. The van der Waals surface area contributed by atoms with Crippen molar-refractivity contribution in [2.24, 2.45) is 4.99 Å². The van der Waals surface area contributed by atoms with Crippen molar-refractivity contribution in [1.29, 1.82) is 0 Å². The molecule has 2 fully saturated rings. The van der Waals surface area contributed by atoms with E-state index in [1.807, 2.05) is 11.8 Å². The third kappa shape index (κ3) is 6.37. The zero-order chi connectivity index (χ0) is 19.8. The van der Waals surface area contributed by atoms with Crippen molar-refractivity contribution in [3.05, 3.63) is 0 Å². The van der Waals surface area contributed by atoms with E-state index >= 15 is 0 Å². The zero-order valence-corrected chi connectivity index (χ0v) is 17.3. The minimum absolute atomic E-state index is 0.0265. The van der Waals surface area contributed by atoms with E-state index in [4.69, 9.17) is 0 Å². The standard InChI is InChI=1S/C19H36N6O2/c1-5-17(26)25-11-9-15(14-25)22-19(21-13-18(27)23(3)4)20-12-16-8-7-10-24(16)6-2/h15-16H,5-14H2,1-4H3,(H2,20,21,22). The van der Waals surface area contributed by atoms with Crippen molar-refractivity contribution in [2.75, 3.05) is 53.4 Å². The lowest BCUT2D eigenvalue weighted by Crippen LogP contribution is -2.49. The molecule has 0 aromatic carbocycles. The second-order valence-corrected chi connectivity index (χ2v) is 7.58. The lowest BCUT2D eigenvalue weighted by molar-refractivity contribution is -0.130. The number of rotatable bonds is 7. The van der Waals surface area contributed by atoms with Gasteiger partial charge < -0.3 is 20.4 Å². The number of carbonyl (C=O) groups is 2. The summed E-state index contributed by atoms with van der Waals surface area (Å²) in [6, 6.07) is 0.681. The highest BCUT2D eigenvalue weighted by Gasteiger charge is 2.27. The number of nitrogens with zero attached hydrogens (tertiary/aromatic N) is 4. The van der Waals surface area contributed by atoms with Crippen LogP contribution in [0.3, 0.4) is 0 Å². The summed E-state index contributed by atoms with van der Waals surface area (Å²) in [5, 5.41) is 6.86. The topological polar surface area (TPSA) is 80.3 Å². The third-order valence-corrected chi connectivity index (χ3v) is 5.47. The first-order valence-corrected chi connectivity index (χ1v) is 10.2. The van der Waals surface area contributed by atoms with Crippen molar-refractivity contribution < 1.29 is 9.59 Å². The predicted octanol–water partition coefficient (Wildman–Crippen LogP) is 0.105. The van der Waals surface area contributed by atoms with Crippen LogP contribution in [0, 0.1) is 0 Å². The zero-order valence-electron chi connectivity index (χ0n) is 17.3. The molecular weight excluding hydrogens is 344 g/mol. The van der Waals surface area contributed by atoms with Gasteiger partial charge in [-0.2, -0.15) is 0 Å². The lowest BCUT2D eigenvalue weighted by Gasteiger charge is -2.25. The molecule has 2 N–H and O–H groups in total. The molecule has 2 aliphatic heterocycles. The fourth-order valence-corrected chi connectivity index (χ4v) is 3.72. The van der Waals surface area contributed by atoms with E-state index in [9.17, 15) is 9.59 Å². The summed E-state index contributed by atoms with van der Waals surface area (Å²) in [7, 11) is 3.47. The number of nitrogens with one attached hydrogen (secondary N) is 2. The normalized spacial score (nSPS) is 23.6. The number of carbonyl (C=O) groups excluding carboxylic acids is 2. The van der Waals surface area contributed by atoms with Gasteiger partial charge in [-0.1, -0.05) is 13.8 Å². The van der Waals surface area contributed by atoms with E-state index in [1.165, 1.54) is 12.8 Å². The van der Waals surface area contributed by atoms with Gasteiger partial charge in [0.25, 0.3) is 0 Å². The van der Waals surface area contributed by atoms with Gasteiger partial charge >= 0.3 is 0 Å². The highest BCUT2D eigenvalue weighted by atomic mass is 16.2. The van der Waals surface area contributed by atoms with Crippen LogP contribution in [0.15, 0.2) is 4.99 Å². The molecule has 2 aliphatic rings. The Morgan fingerprint density at radius 1 is 1.19 bits per heavy atom. The molecule has 154 valence electrons. The Labute approximate surface area is 163 Å². The minimum atomic E-state index is -0.0265. The summed E-state index contributed by atoms with van der Waals surface area (Å²) < 4.78 is 0. The van der Waals surface area contributed by atoms with Crippen LogP contribution in [0.25, 0.3) is 0 Å². The number of hydrogen-bond acceptors (Lipinski definition) is 4. The maximum Gasteiger partial charge on any atom is 0.243 e. The van der Waals surface area contributed by atoms with Gasteiger partial charge in [0.05, 0.1) is 0 Å². The van der Waals surface area contributed by atoms with Crippen LogP contribution in [0.1, 0.15) is 39.5 Å². The Kier molecular flexibility index (Phi) is 8.34. The second-order valence-electron chi connectivity index (χ2n) is 7.58. The van der Waals surface area contributed by atoms with Gasteiger partial charge in [-0.3, -0.25) is 14.5 Å². The average Bonchev–Trinajstić information content (AvgIpc) is 3.31. The first kappa shape index (κ1) is 21.5. The molecule has 0 bridgehead atoms. The molecule has 8 heteroatoms. The van der Waals surface area contributed by atoms with Gasteiger partial charge in [0.2, 0.25) is 11.8 Å². The van der Waals surface area contributed by atoms with Crippen LogP contribution in [-0.4, -0.2) is 97.9 Å². The number of likely N-dealkylation sites (tertiary alicyclic amines) is 2. The molecule has 0 aromatic rings. The SMILES string of the molecule is CCC(=O)N1CCC(NC(=NCC(=O)N(C)C)NCC2CCCN2CC)C1. The summed E-state index contributed by atoms with van der Waals surface area (Å²) in [4.78, 5) is 34.2. The lowest BCUT2D eigenvalue weighted by atomic mass is 10.2. The Hall–Kier alpha value is -1.83. The van der Waals surface area contributed by atoms with Gasteiger partial charge in [0, 0.05) is 52.2 Å². The maximum atomic E-state index is 11.9. The molecule has 2 amide bonds. The molecule has 8 nitrogen and oxygen atoms in total. The Morgan fingerprint density at radius 2 is 1.96 bits per heavy atom. The molecule has 0 radical (unpaired) electrons. The van der Waals surface area contributed by atoms with E-state index in [0.29, 0.717) is 25.0 Å². The first-order valence-electron chi connectivity index (χ1n) is 10.2. The highest BCUT2D eigenvalue weighted by molar-refractivity contribution is 5.85. The molecule has 0 spiro atoms. The summed E-state index contributed by atoms with van der Waals surface area (Å²) in [5.74, 6) is 0.836. The smallest absolute Gasteiger partial charge is 0.243 e. The molecule has 2 heterocycles. The minimum Gasteiger partial charge on any atom is -0.355 e. The highest BCUT2D eigenvalue weighted by Crippen LogP contribution is 2.15. The Balaban J connectivity index is 1.94. The number of likely N-dealkylation sites (N-methyl/N-ethyl adjacent to an activating group) is 2. The van der Waals surface area contributed by atoms with E-state index in [2.05, 4.69) is 27.4 Å². The molecule has 27 heavy (non-hydrogen) atoms. The third-order valence-electron chi connectivity index (χ3n) is 5.47. The van der Waals surface area contributed by atoms with E-state index in [1.54, 1.807) is 19.0 Å². The van der Waals surface area contributed by atoms with Crippen molar-refractivity contribution in [1.82, 2.24) is 25.3 Å². The fourth-order valence-electron chi connectivity index (χ4n) is 3.72. The van der Waals surface area contributed by atoms with Crippen molar-refractivity contribution in [3.8, 4) is 0 Å². The second kappa shape index (κ2) is 10.5. The molecule has 0 aliphatic carbocycles. The molecule has 2 unspecified atom stereocenters. The van der Waals surface area contributed by atoms with Crippen molar-refractivity contribution in [2.45, 2.75) is 51.6 Å². The van der Waals surface area contributed by atoms with Crippen LogP contribution >= 0.6 is 0 Å². The first-order chi connectivity index (χ1) is 12.9. The van der Waals surface area contributed by atoms with Gasteiger partial charge in [0.1, 0.15) is 6.54 Å². The molecule has 0 aromatic heterocycles. The maximum absolute atomic E-state index is 11.9. The van der Waals surface area contributed by atoms with E-state index in [-0.39, 0.29) is 24.4 Å². The van der Waals surface area contributed by atoms with Crippen LogP contribution in [0.4, 0.5) is 0 Å². The average molecular weight is 381 g/mol. The van der Waals surface area contributed by atoms with Crippen LogP contribution < -0.4 is 10.6 Å². The molecule has 2 rings (SSSR count). The number of guanidine groups is 1. The summed E-state index contributed by atoms with van der Waals surface area (Å²) in [5.41, 5.74) is 0. The monoisotopic (exact) mass is 380 g/mol. The van der Waals surface area contributed by atoms with Crippen LogP contribution in [-0.2, 0) is 9.59 Å². The van der Waals surface area contributed by atoms with Gasteiger partial charge in [-0.25, -0.2) is 4.99 Å². The largest absolute Gasteiger partial charge is 0.355 e. The van der Waals surface area contributed by atoms with Gasteiger partial charge in [0.15, 0.2) is 5.96 Å². The number of aliphatic imine (C=N–C) groups is 1. The molecular formula is C19H36N6O2. The van der Waals surface area contributed by atoms with Crippen molar-refractivity contribution in [3.63, 3.8) is 0 Å². The van der Waals surface area contributed by atoms with Gasteiger partial charge in [-0.05, 0) is 32.4 Å². The fraction of sp³-hybridized carbons (Fsp3) is 0.842. The van der Waals surface area contributed by atoms with Crippen LogP contribution in [0.2, 0.25) is 0 Å². The molecule has 0 saturated carbocycles. The van der Waals surface area contributed by atoms with Crippen LogP contribution in [0.5, 0.6) is 0 Å². The summed E-state index contributed by atoms with van der Waals surface area (Å²) >= 11 is 0. The van der Waals surface area contributed by atoms with Gasteiger partial charge in [-0.15, -0.1) is 0 Å².